The summed E-state index contributed by atoms with van der Waals surface area (Å²) in [5.41, 5.74) is -1.27. The first-order chi connectivity index (χ1) is 9.91. The second-order valence-electron chi connectivity index (χ2n) is 4.09. The topological polar surface area (TPSA) is 40.9 Å². The lowest BCUT2D eigenvalue weighted by molar-refractivity contribution is -0.137. The number of nitriles is 1. The van der Waals surface area contributed by atoms with Crippen LogP contribution in [0.5, 0.6) is 0 Å². The van der Waals surface area contributed by atoms with Gasteiger partial charge in [0.15, 0.2) is 0 Å². The molecule has 106 valence electrons. The smallest absolute Gasteiger partial charge is 0.288 e. The van der Waals surface area contributed by atoms with Crippen molar-refractivity contribution < 1.29 is 18.0 Å². The number of allylic oxidation sites excluding steroid dienone is 1. The van der Waals surface area contributed by atoms with Gasteiger partial charge < -0.3 is 0 Å². The first kappa shape index (κ1) is 15.0. The van der Waals surface area contributed by atoms with E-state index in [0.29, 0.717) is 4.88 Å². The molecule has 0 aliphatic rings. The average molecular weight is 307 g/mol. The van der Waals surface area contributed by atoms with Crippen molar-refractivity contribution in [2.75, 3.05) is 0 Å². The number of benzene rings is 1. The van der Waals surface area contributed by atoms with Crippen molar-refractivity contribution in [1.82, 2.24) is 0 Å². The molecule has 6 heteroatoms. The molecule has 2 aromatic rings. The van der Waals surface area contributed by atoms with Crippen LogP contribution < -0.4 is 0 Å². The van der Waals surface area contributed by atoms with E-state index in [1.165, 1.54) is 23.5 Å². The Morgan fingerprint density at radius 2 is 2.00 bits per heavy atom. The molecule has 0 N–H and O–H groups in total. The van der Waals surface area contributed by atoms with Crippen LogP contribution >= 0.6 is 11.3 Å². The summed E-state index contributed by atoms with van der Waals surface area (Å²) in [6.45, 7) is 0. The third kappa shape index (κ3) is 3.58. The number of nitrogens with zero attached hydrogens (tertiary/aromatic N) is 1. The first-order valence-electron chi connectivity index (χ1n) is 5.79. The normalized spacial score (nSPS) is 12.0. The number of ketones is 1. The molecule has 0 spiro atoms. The zero-order chi connectivity index (χ0) is 15.5. The van der Waals surface area contributed by atoms with E-state index in [2.05, 4.69) is 0 Å². The molecule has 0 unspecified atom stereocenters. The van der Waals surface area contributed by atoms with Crippen molar-refractivity contribution in [3.8, 4) is 6.07 Å². The summed E-state index contributed by atoms with van der Waals surface area (Å²) < 4.78 is 37.9. The third-order valence-corrected chi connectivity index (χ3v) is 3.47. The van der Waals surface area contributed by atoms with Gasteiger partial charge in [0.1, 0.15) is 11.6 Å². The van der Waals surface area contributed by atoms with Gasteiger partial charge in [0.25, 0.3) is 0 Å². The molecule has 0 saturated carbocycles. The fraction of sp³-hybridized carbons (Fsp3) is 0.0667. The second kappa shape index (κ2) is 5.94. The molecule has 0 fully saturated rings. The van der Waals surface area contributed by atoms with Crippen LogP contribution in [0, 0.1) is 11.3 Å². The average Bonchev–Trinajstić information content (AvgIpc) is 2.96. The maximum absolute atomic E-state index is 12.6. The summed E-state index contributed by atoms with van der Waals surface area (Å²) in [5, 5.41) is 10.8. The van der Waals surface area contributed by atoms with Gasteiger partial charge in [0, 0.05) is 10.4 Å². The van der Waals surface area contributed by atoms with Gasteiger partial charge in [-0.3, -0.25) is 4.79 Å². The Kier molecular flexibility index (Phi) is 4.24. The Hall–Kier alpha value is -2.39. The molecule has 0 aliphatic heterocycles. The lowest BCUT2D eigenvalue weighted by Gasteiger charge is -2.07. The standard InChI is InChI=1S/C15H8F3NOS/c16-15(17,18)12-4-1-3-10(7-12)14(20)11(9-19)8-13-5-2-6-21-13/h1-8H/b11-8-. The highest BCUT2D eigenvalue weighted by molar-refractivity contribution is 7.10. The van der Waals surface area contributed by atoms with Crippen LogP contribution in [-0.2, 0) is 6.18 Å². The third-order valence-electron chi connectivity index (χ3n) is 2.65. The fourth-order valence-corrected chi connectivity index (χ4v) is 2.31. The number of carbonyl (C=O) groups excluding carboxylic acids is 1. The lowest BCUT2D eigenvalue weighted by atomic mass is 10.0. The highest BCUT2D eigenvalue weighted by atomic mass is 32.1. The number of Topliss-reactive ketones (excluding diaryl/α,β-unsaturated/α-hetero) is 1. The molecule has 0 saturated heterocycles. The number of rotatable bonds is 3. The van der Waals surface area contributed by atoms with Gasteiger partial charge in [-0.05, 0) is 29.7 Å². The summed E-state index contributed by atoms with van der Waals surface area (Å²) in [4.78, 5) is 12.8. The zero-order valence-electron chi connectivity index (χ0n) is 10.5. The molecular weight excluding hydrogens is 299 g/mol. The quantitative estimate of drug-likeness (QED) is 0.474. The van der Waals surface area contributed by atoms with E-state index in [0.717, 1.165) is 18.2 Å². The second-order valence-corrected chi connectivity index (χ2v) is 5.07. The minimum atomic E-state index is -4.53. The highest BCUT2D eigenvalue weighted by Gasteiger charge is 2.31. The van der Waals surface area contributed by atoms with Crippen LogP contribution in [0.2, 0.25) is 0 Å². The molecule has 0 bridgehead atoms. The number of carbonyl (C=O) groups is 1. The Morgan fingerprint density at radius 1 is 1.24 bits per heavy atom. The van der Waals surface area contributed by atoms with Crippen molar-refractivity contribution >= 4 is 23.2 Å². The summed E-state index contributed by atoms with van der Waals surface area (Å²) in [5.74, 6) is -0.725. The molecule has 21 heavy (non-hydrogen) atoms. The van der Waals surface area contributed by atoms with Crippen LogP contribution in [0.1, 0.15) is 20.8 Å². The van der Waals surface area contributed by atoms with E-state index < -0.39 is 17.5 Å². The SMILES string of the molecule is N#C/C(=C/c1cccs1)C(=O)c1cccc(C(F)(F)F)c1. The molecule has 1 aromatic heterocycles. The molecule has 0 aliphatic carbocycles. The Morgan fingerprint density at radius 3 is 2.57 bits per heavy atom. The summed E-state index contributed by atoms with van der Waals surface area (Å²) in [6.07, 6.45) is -3.16. The molecular formula is C15H8F3NOS. The molecule has 0 radical (unpaired) electrons. The van der Waals surface area contributed by atoms with E-state index in [-0.39, 0.29) is 11.1 Å². The number of hydrogen-bond donors (Lipinski definition) is 0. The maximum Gasteiger partial charge on any atom is 0.416 e. The predicted octanol–water partition coefficient (Wildman–Crippen LogP) is 4.56. The minimum Gasteiger partial charge on any atom is -0.288 e. The van der Waals surface area contributed by atoms with Crippen molar-refractivity contribution in [2.45, 2.75) is 6.18 Å². The van der Waals surface area contributed by atoms with Gasteiger partial charge >= 0.3 is 6.18 Å². The van der Waals surface area contributed by atoms with Gasteiger partial charge in [-0.15, -0.1) is 11.3 Å². The molecule has 0 atom stereocenters. The van der Waals surface area contributed by atoms with Gasteiger partial charge in [-0.25, -0.2) is 0 Å². The Bertz CT molecular complexity index is 724. The number of hydrogen-bond acceptors (Lipinski definition) is 3. The fourth-order valence-electron chi connectivity index (χ4n) is 1.66. The largest absolute Gasteiger partial charge is 0.416 e. The van der Waals surface area contributed by atoms with Crippen LogP contribution in [0.4, 0.5) is 13.2 Å². The van der Waals surface area contributed by atoms with Crippen LogP contribution in [0.3, 0.4) is 0 Å². The number of halogens is 3. The Labute approximate surface area is 122 Å². The molecule has 2 rings (SSSR count). The monoisotopic (exact) mass is 307 g/mol. The van der Waals surface area contributed by atoms with Crippen molar-refractivity contribution in [2.24, 2.45) is 0 Å². The van der Waals surface area contributed by atoms with Gasteiger partial charge in [-0.1, -0.05) is 18.2 Å². The number of alkyl halides is 3. The maximum atomic E-state index is 12.6. The molecule has 2 nitrogen and oxygen atoms in total. The minimum absolute atomic E-state index is 0.158. The highest BCUT2D eigenvalue weighted by Crippen LogP contribution is 2.30. The summed E-state index contributed by atoms with van der Waals surface area (Å²) in [7, 11) is 0. The van der Waals surface area contributed by atoms with Crippen LogP contribution in [-0.4, -0.2) is 5.78 Å². The molecule has 1 heterocycles. The van der Waals surface area contributed by atoms with Crippen molar-refractivity contribution in [3.05, 3.63) is 63.4 Å². The first-order valence-corrected chi connectivity index (χ1v) is 6.67. The van der Waals surface area contributed by atoms with Crippen molar-refractivity contribution in [1.29, 1.82) is 5.26 Å². The van der Waals surface area contributed by atoms with E-state index in [1.807, 2.05) is 0 Å². The summed E-state index contributed by atoms with van der Waals surface area (Å²) >= 11 is 1.33. The van der Waals surface area contributed by atoms with Crippen molar-refractivity contribution in [3.63, 3.8) is 0 Å². The van der Waals surface area contributed by atoms with Crippen LogP contribution in [0.15, 0.2) is 47.4 Å². The summed E-state index contributed by atoms with van der Waals surface area (Å²) in [6, 6.07) is 9.24. The molecule has 0 amide bonds. The zero-order valence-corrected chi connectivity index (χ0v) is 11.3. The van der Waals surface area contributed by atoms with Gasteiger partial charge in [0.05, 0.1) is 5.56 Å². The lowest BCUT2D eigenvalue weighted by Crippen LogP contribution is -2.08. The van der Waals surface area contributed by atoms with E-state index in [1.54, 1.807) is 23.6 Å². The van der Waals surface area contributed by atoms with E-state index in [9.17, 15) is 18.0 Å². The van der Waals surface area contributed by atoms with Crippen LogP contribution in [0.25, 0.3) is 6.08 Å². The predicted molar refractivity (Wildman–Crippen MR) is 73.7 cm³/mol. The number of thiophene rings is 1. The van der Waals surface area contributed by atoms with E-state index in [4.69, 9.17) is 5.26 Å². The van der Waals surface area contributed by atoms with Gasteiger partial charge in [0.2, 0.25) is 5.78 Å². The van der Waals surface area contributed by atoms with E-state index >= 15 is 0 Å². The Balaban J connectivity index is 2.38. The van der Waals surface area contributed by atoms with Gasteiger partial charge in [-0.2, -0.15) is 18.4 Å². The molecule has 1 aromatic carbocycles.